The van der Waals surface area contributed by atoms with E-state index in [0.29, 0.717) is 11.9 Å². The van der Waals surface area contributed by atoms with Crippen LogP contribution in [0.4, 0.5) is 0 Å². The Morgan fingerprint density at radius 2 is 1.94 bits per heavy atom. The molecule has 0 aromatic rings. The van der Waals surface area contributed by atoms with Gasteiger partial charge in [-0.05, 0) is 25.0 Å². The van der Waals surface area contributed by atoms with E-state index in [1.165, 1.54) is 0 Å². The van der Waals surface area contributed by atoms with E-state index < -0.39 is 0 Å². The number of aliphatic imine (C=N–C) groups is 1. The van der Waals surface area contributed by atoms with Gasteiger partial charge in [0.25, 0.3) is 0 Å². The number of nitrogens with one attached hydrogen (secondary N) is 1. The maximum atomic E-state index is 5.82. The van der Waals surface area contributed by atoms with Gasteiger partial charge < -0.3 is 11.1 Å². The van der Waals surface area contributed by atoms with Crippen molar-refractivity contribution >= 4 is 17.7 Å². The Morgan fingerprint density at radius 1 is 1.38 bits per heavy atom. The van der Waals surface area contributed by atoms with Crippen molar-refractivity contribution in [1.82, 2.24) is 5.32 Å². The van der Waals surface area contributed by atoms with Crippen LogP contribution in [0.15, 0.2) is 4.99 Å². The summed E-state index contributed by atoms with van der Waals surface area (Å²) in [6, 6.07) is 0. The number of rotatable bonds is 7. The fourth-order valence-electron chi connectivity index (χ4n) is 1.42. The molecular weight excluding hydrogens is 218 g/mol. The molecule has 0 bridgehead atoms. The van der Waals surface area contributed by atoms with Gasteiger partial charge in [0.1, 0.15) is 0 Å². The first kappa shape index (κ1) is 15.6. The highest BCUT2D eigenvalue weighted by Crippen LogP contribution is 2.30. The molecule has 0 fully saturated rings. The number of nitrogens with zero attached hydrogens (tertiary/aromatic N) is 1. The van der Waals surface area contributed by atoms with Crippen LogP contribution in [-0.4, -0.2) is 30.1 Å². The SMILES string of the molecule is CCC(CC)(CN=C(N)NCC(C)C)SC. The highest BCUT2D eigenvalue weighted by atomic mass is 32.2. The zero-order valence-corrected chi connectivity index (χ0v) is 12.2. The monoisotopic (exact) mass is 245 g/mol. The Balaban J connectivity index is 4.21. The smallest absolute Gasteiger partial charge is 0.188 e. The predicted octanol–water partition coefficient (Wildman–Crippen LogP) is 2.47. The van der Waals surface area contributed by atoms with Crippen LogP contribution in [-0.2, 0) is 0 Å². The molecule has 0 heterocycles. The first-order chi connectivity index (χ1) is 7.49. The molecule has 0 aliphatic carbocycles. The molecule has 0 amide bonds. The zero-order chi connectivity index (χ0) is 12.6. The molecule has 0 rings (SSSR count). The minimum atomic E-state index is 0.254. The van der Waals surface area contributed by atoms with Gasteiger partial charge in [0.05, 0.1) is 6.54 Å². The summed E-state index contributed by atoms with van der Waals surface area (Å²) >= 11 is 1.89. The Bertz CT molecular complexity index is 202. The number of thioether (sulfide) groups is 1. The maximum absolute atomic E-state index is 5.82. The van der Waals surface area contributed by atoms with Crippen molar-refractivity contribution in [2.45, 2.75) is 45.3 Å². The summed E-state index contributed by atoms with van der Waals surface area (Å²) in [5, 5.41) is 3.15. The van der Waals surface area contributed by atoms with Gasteiger partial charge in [0.15, 0.2) is 5.96 Å². The maximum Gasteiger partial charge on any atom is 0.188 e. The largest absolute Gasteiger partial charge is 0.370 e. The second-order valence-corrected chi connectivity index (χ2v) is 5.84. The fourth-order valence-corrected chi connectivity index (χ4v) is 2.19. The van der Waals surface area contributed by atoms with Gasteiger partial charge in [-0.15, -0.1) is 0 Å². The number of nitrogens with two attached hydrogens (primary N) is 1. The molecule has 0 aromatic heterocycles. The van der Waals surface area contributed by atoms with Gasteiger partial charge in [-0.2, -0.15) is 11.8 Å². The predicted molar refractivity (Wildman–Crippen MR) is 76.2 cm³/mol. The average Bonchev–Trinajstić information content (AvgIpc) is 2.29. The molecule has 0 saturated carbocycles. The Labute approximate surface area is 105 Å². The van der Waals surface area contributed by atoms with E-state index in [9.17, 15) is 0 Å². The van der Waals surface area contributed by atoms with Crippen LogP contribution in [0.5, 0.6) is 0 Å². The fraction of sp³-hybridized carbons (Fsp3) is 0.917. The molecular formula is C12H27N3S. The Morgan fingerprint density at radius 3 is 2.31 bits per heavy atom. The molecule has 3 nitrogen and oxygen atoms in total. The lowest BCUT2D eigenvalue weighted by Crippen LogP contribution is -2.36. The first-order valence-corrected chi connectivity index (χ1v) is 7.31. The molecule has 0 radical (unpaired) electrons. The van der Waals surface area contributed by atoms with Crippen molar-refractivity contribution in [3.8, 4) is 0 Å². The summed E-state index contributed by atoms with van der Waals surface area (Å²) in [5.74, 6) is 1.17. The second-order valence-electron chi connectivity index (χ2n) is 4.57. The summed E-state index contributed by atoms with van der Waals surface area (Å²) in [5.41, 5.74) is 5.82. The van der Waals surface area contributed by atoms with Crippen LogP contribution < -0.4 is 11.1 Å². The topological polar surface area (TPSA) is 50.4 Å². The Hall–Kier alpha value is -0.380. The molecule has 0 aliphatic rings. The lowest BCUT2D eigenvalue weighted by Gasteiger charge is -2.27. The summed E-state index contributed by atoms with van der Waals surface area (Å²) in [4.78, 5) is 4.44. The number of hydrogen-bond donors (Lipinski definition) is 2. The number of hydrogen-bond acceptors (Lipinski definition) is 2. The van der Waals surface area contributed by atoms with Crippen molar-refractivity contribution in [2.24, 2.45) is 16.6 Å². The average molecular weight is 245 g/mol. The van der Waals surface area contributed by atoms with E-state index >= 15 is 0 Å². The highest BCUT2D eigenvalue weighted by molar-refractivity contribution is 8.00. The van der Waals surface area contributed by atoms with E-state index in [0.717, 1.165) is 25.9 Å². The standard InChI is InChI=1S/C12H27N3S/c1-6-12(7-2,16-5)9-15-11(13)14-8-10(3)4/h10H,6-9H2,1-5H3,(H3,13,14,15). The van der Waals surface area contributed by atoms with Crippen LogP contribution in [0.3, 0.4) is 0 Å². The zero-order valence-electron chi connectivity index (χ0n) is 11.3. The molecule has 16 heavy (non-hydrogen) atoms. The molecule has 0 atom stereocenters. The molecule has 0 aromatic carbocycles. The van der Waals surface area contributed by atoms with Crippen LogP contribution in [0.2, 0.25) is 0 Å². The summed E-state index contributed by atoms with van der Waals surface area (Å²) in [7, 11) is 0. The quantitative estimate of drug-likeness (QED) is 0.535. The molecule has 0 spiro atoms. The van der Waals surface area contributed by atoms with Crippen molar-refractivity contribution in [2.75, 3.05) is 19.3 Å². The van der Waals surface area contributed by atoms with E-state index in [2.05, 4.69) is 44.3 Å². The lowest BCUT2D eigenvalue weighted by molar-refractivity contribution is 0.557. The summed E-state index contributed by atoms with van der Waals surface area (Å²) < 4.78 is 0.254. The third kappa shape index (κ3) is 5.64. The molecule has 0 unspecified atom stereocenters. The van der Waals surface area contributed by atoms with E-state index in [-0.39, 0.29) is 4.75 Å². The van der Waals surface area contributed by atoms with Crippen molar-refractivity contribution in [3.63, 3.8) is 0 Å². The minimum Gasteiger partial charge on any atom is -0.370 e. The van der Waals surface area contributed by atoms with Crippen LogP contribution >= 0.6 is 11.8 Å². The van der Waals surface area contributed by atoms with Gasteiger partial charge in [-0.25, -0.2) is 0 Å². The third-order valence-corrected chi connectivity index (χ3v) is 4.52. The lowest BCUT2D eigenvalue weighted by atomic mass is 10.0. The van der Waals surface area contributed by atoms with Crippen molar-refractivity contribution < 1.29 is 0 Å². The summed E-state index contributed by atoms with van der Waals surface area (Å²) in [6.45, 7) is 10.4. The van der Waals surface area contributed by atoms with Crippen molar-refractivity contribution in [3.05, 3.63) is 0 Å². The number of guanidine groups is 1. The van der Waals surface area contributed by atoms with Gasteiger partial charge in [-0.1, -0.05) is 27.7 Å². The first-order valence-electron chi connectivity index (χ1n) is 6.08. The van der Waals surface area contributed by atoms with Crippen LogP contribution in [0.25, 0.3) is 0 Å². The molecule has 96 valence electrons. The minimum absolute atomic E-state index is 0.254. The van der Waals surface area contributed by atoms with Crippen LogP contribution in [0.1, 0.15) is 40.5 Å². The molecule has 4 heteroatoms. The van der Waals surface area contributed by atoms with Gasteiger partial charge in [-0.3, -0.25) is 4.99 Å². The highest BCUT2D eigenvalue weighted by Gasteiger charge is 2.24. The Kier molecular flexibility index (Phi) is 7.64. The third-order valence-electron chi connectivity index (χ3n) is 2.95. The van der Waals surface area contributed by atoms with Gasteiger partial charge in [0.2, 0.25) is 0 Å². The normalized spacial score (nSPS) is 13.2. The van der Waals surface area contributed by atoms with Crippen LogP contribution in [0, 0.1) is 5.92 Å². The van der Waals surface area contributed by atoms with Gasteiger partial charge in [0, 0.05) is 11.3 Å². The molecule has 3 N–H and O–H groups in total. The van der Waals surface area contributed by atoms with Gasteiger partial charge >= 0.3 is 0 Å². The second kappa shape index (κ2) is 7.82. The van der Waals surface area contributed by atoms with Crippen molar-refractivity contribution in [1.29, 1.82) is 0 Å². The van der Waals surface area contributed by atoms with E-state index in [4.69, 9.17) is 5.73 Å². The summed E-state index contributed by atoms with van der Waals surface area (Å²) in [6.07, 6.45) is 4.41. The molecule has 0 aliphatic heterocycles. The molecule has 0 saturated heterocycles. The van der Waals surface area contributed by atoms with E-state index in [1.54, 1.807) is 0 Å². The van der Waals surface area contributed by atoms with E-state index in [1.807, 2.05) is 11.8 Å².